The van der Waals surface area contributed by atoms with Crippen molar-refractivity contribution < 1.29 is 4.74 Å². The van der Waals surface area contributed by atoms with Crippen LogP contribution in [0.25, 0.3) is 0 Å². The molecular weight excluding hydrogens is 413 g/mol. The fraction of sp³-hybridized carbons (Fsp3) is 0.462. The topological polar surface area (TPSA) is 21.3 Å². The molecule has 1 N–H and O–H groups in total. The Kier molecular flexibility index (Phi) is 5.98. The zero-order valence-corrected chi connectivity index (χ0v) is 18.8. The van der Waals surface area contributed by atoms with E-state index in [0.717, 1.165) is 46.0 Å². The molecule has 3 unspecified atom stereocenters. The molecule has 0 amide bonds. The van der Waals surface area contributed by atoms with Gasteiger partial charge in [-0.1, -0.05) is 73.5 Å². The number of halogens is 2. The molecule has 2 nitrogen and oxygen atoms in total. The predicted molar refractivity (Wildman–Crippen MR) is 126 cm³/mol. The summed E-state index contributed by atoms with van der Waals surface area (Å²) >= 11 is 13.1. The van der Waals surface area contributed by atoms with Crippen LogP contribution in [0, 0.1) is 11.8 Å². The fourth-order valence-electron chi connectivity index (χ4n) is 5.58. The van der Waals surface area contributed by atoms with E-state index in [-0.39, 0.29) is 6.04 Å². The third kappa shape index (κ3) is 3.97. The van der Waals surface area contributed by atoms with Crippen molar-refractivity contribution in [3.63, 3.8) is 0 Å². The molecule has 158 valence electrons. The van der Waals surface area contributed by atoms with Crippen LogP contribution >= 0.6 is 23.2 Å². The Labute approximate surface area is 189 Å². The quantitative estimate of drug-likeness (QED) is 0.472. The van der Waals surface area contributed by atoms with Crippen LogP contribution in [0.4, 0.5) is 5.69 Å². The minimum absolute atomic E-state index is 0.108. The monoisotopic (exact) mass is 441 g/mol. The zero-order chi connectivity index (χ0) is 20.5. The SMILES string of the molecule is Clc1cccc(Cl)c1C1Nc2ccc(OCCC3CCCCC3)cc2C2C=CCC21. The number of hydrogen-bond acceptors (Lipinski definition) is 2. The first-order chi connectivity index (χ1) is 14.7. The van der Waals surface area contributed by atoms with Crippen LogP contribution in [-0.4, -0.2) is 6.61 Å². The highest BCUT2D eigenvalue weighted by Crippen LogP contribution is 2.52. The highest BCUT2D eigenvalue weighted by atomic mass is 35.5. The van der Waals surface area contributed by atoms with Gasteiger partial charge in [-0.2, -0.15) is 0 Å². The lowest BCUT2D eigenvalue weighted by Gasteiger charge is -2.38. The molecular formula is C26H29Cl2NO. The molecule has 2 aliphatic carbocycles. The Morgan fingerprint density at radius 3 is 2.60 bits per heavy atom. The molecule has 3 aliphatic rings. The lowest BCUT2D eigenvalue weighted by atomic mass is 9.77. The molecule has 1 fully saturated rings. The average molecular weight is 442 g/mol. The number of allylic oxidation sites excluding steroid dienone is 2. The van der Waals surface area contributed by atoms with Crippen molar-refractivity contribution in [3.8, 4) is 5.75 Å². The summed E-state index contributed by atoms with van der Waals surface area (Å²) in [6.07, 6.45) is 13.8. The van der Waals surface area contributed by atoms with Crippen LogP contribution < -0.4 is 10.1 Å². The number of benzene rings is 2. The summed E-state index contributed by atoms with van der Waals surface area (Å²) < 4.78 is 6.18. The van der Waals surface area contributed by atoms with Crippen molar-refractivity contribution >= 4 is 28.9 Å². The molecule has 4 heteroatoms. The summed E-state index contributed by atoms with van der Waals surface area (Å²) in [5.74, 6) is 2.61. The predicted octanol–water partition coefficient (Wildman–Crippen LogP) is 8.17. The van der Waals surface area contributed by atoms with Gasteiger partial charge in [0, 0.05) is 27.2 Å². The molecule has 5 rings (SSSR count). The van der Waals surface area contributed by atoms with Gasteiger partial charge in [0.1, 0.15) is 5.75 Å². The third-order valence-electron chi connectivity index (χ3n) is 7.16. The number of anilines is 1. The molecule has 3 atom stereocenters. The van der Waals surface area contributed by atoms with Gasteiger partial charge in [-0.3, -0.25) is 0 Å². The van der Waals surface area contributed by atoms with Crippen molar-refractivity contribution in [2.75, 3.05) is 11.9 Å². The fourth-order valence-corrected chi connectivity index (χ4v) is 6.21. The van der Waals surface area contributed by atoms with Gasteiger partial charge in [-0.15, -0.1) is 0 Å². The van der Waals surface area contributed by atoms with Crippen LogP contribution in [0.3, 0.4) is 0 Å². The van der Waals surface area contributed by atoms with Gasteiger partial charge in [-0.05, 0) is 60.6 Å². The second-order valence-electron chi connectivity index (χ2n) is 9.00. The van der Waals surface area contributed by atoms with Crippen LogP contribution in [-0.2, 0) is 0 Å². The van der Waals surface area contributed by atoms with Gasteiger partial charge in [0.05, 0.1) is 12.6 Å². The molecule has 30 heavy (non-hydrogen) atoms. The lowest BCUT2D eigenvalue weighted by Crippen LogP contribution is -2.29. The van der Waals surface area contributed by atoms with E-state index in [1.165, 1.54) is 44.1 Å². The summed E-state index contributed by atoms with van der Waals surface area (Å²) in [6, 6.07) is 12.4. The van der Waals surface area contributed by atoms with Crippen LogP contribution in [0.2, 0.25) is 10.0 Å². The Balaban J connectivity index is 1.34. The first-order valence-electron chi connectivity index (χ1n) is 11.3. The van der Waals surface area contributed by atoms with E-state index >= 15 is 0 Å². The van der Waals surface area contributed by atoms with Crippen molar-refractivity contribution in [1.82, 2.24) is 0 Å². The molecule has 0 saturated heterocycles. The second-order valence-corrected chi connectivity index (χ2v) is 9.82. The number of nitrogens with one attached hydrogen (secondary N) is 1. The maximum absolute atomic E-state index is 6.56. The number of rotatable bonds is 5. The van der Waals surface area contributed by atoms with Gasteiger partial charge in [0.15, 0.2) is 0 Å². The summed E-state index contributed by atoms with van der Waals surface area (Å²) in [5.41, 5.74) is 3.49. The second kappa shape index (κ2) is 8.85. The largest absolute Gasteiger partial charge is 0.494 e. The van der Waals surface area contributed by atoms with E-state index in [0.29, 0.717) is 11.8 Å². The van der Waals surface area contributed by atoms with Gasteiger partial charge in [0.25, 0.3) is 0 Å². The van der Waals surface area contributed by atoms with Gasteiger partial charge in [-0.25, -0.2) is 0 Å². The highest BCUT2D eigenvalue weighted by Gasteiger charge is 2.39. The molecule has 0 bridgehead atoms. The normalized spacial score (nSPS) is 25.5. The van der Waals surface area contributed by atoms with E-state index < -0.39 is 0 Å². The van der Waals surface area contributed by atoms with Crippen molar-refractivity contribution in [3.05, 3.63) is 69.7 Å². The van der Waals surface area contributed by atoms with Gasteiger partial charge < -0.3 is 10.1 Å². The number of fused-ring (bicyclic) bond motifs is 3. The molecule has 1 saturated carbocycles. The first-order valence-corrected chi connectivity index (χ1v) is 12.1. The van der Waals surface area contributed by atoms with E-state index in [1.807, 2.05) is 18.2 Å². The third-order valence-corrected chi connectivity index (χ3v) is 7.82. The minimum Gasteiger partial charge on any atom is -0.494 e. The van der Waals surface area contributed by atoms with E-state index in [4.69, 9.17) is 27.9 Å². The van der Waals surface area contributed by atoms with Crippen LogP contribution in [0.5, 0.6) is 5.75 Å². The van der Waals surface area contributed by atoms with Crippen LogP contribution in [0.1, 0.15) is 68.0 Å². The summed E-state index contributed by atoms with van der Waals surface area (Å²) in [7, 11) is 0. The Bertz CT molecular complexity index is 914. The Morgan fingerprint density at radius 1 is 1.00 bits per heavy atom. The first kappa shape index (κ1) is 20.3. The summed E-state index contributed by atoms with van der Waals surface area (Å²) in [4.78, 5) is 0. The standard InChI is InChI=1S/C26H29Cl2NO/c27-22-10-5-11-23(28)25(22)26-20-9-4-8-19(20)21-16-18(12-13-24(21)29-26)30-15-14-17-6-2-1-3-7-17/h4-5,8,10-13,16-17,19-20,26,29H,1-3,6-7,9,14-15H2. The van der Waals surface area contributed by atoms with E-state index in [9.17, 15) is 0 Å². The summed E-state index contributed by atoms with van der Waals surface area (Å²) in [6.45, 7) is 0.818. The molecule has 0 radical (unpaired) electrons. The Morgan fingerprint density at radius 2 is 1.80 bits per heavy atom. The number of hydrogen-bond donors (Lipinski definition) is 1. The van der Waals surface area contributed by atoms with Gasteiger partial charge >= 0.3 is 0 Å². The van der Waals surface area contributed by atoms with Gasteiger partial charge in [0.2, 0.25) is 0 Å². The van der Waals surface area contributed by atoms with Crippen LogP contribution in [0.15, 0.2) is 48.6 Å². The Hall–Kier alpha value is -1.64. The molecule has 1 aliphatic heterocycles. The molecule has 1 heterocycles. The van der Waals surface area contributed by atoms with Crippen molar-refractivity contribution in [2.24, 2.45) is 11.8 Å². The van der Waals surface area contributed by atoms with Crippen molar-refractivity contribution in [1.29, 1.82) is 0 Å². The average Bonchev–Trinajstić information content (AvgIpc) is 3.25. The van der Waals surface area contributed by atoms with E-state index in [2.05, 4.69) is 35.7 Å². The molecule has 2 aromatic carbocycles. The zero-order valence-electron chi connectivity index (χ0n) is 17.2. The molecule has 0 spiro atoms. The number of ether oxygens (including phenoxy) is 1. The molecule has 0 aromatic heterocycles. The minimum atomic E-state index is 0.108. The highest BCUT2D eigenvalue weighted by molar-refractivity contribution is 6.36. The van der Waals surface area contributed by atoms with E-state index in [1.54, 1.807) is 0 Å². The summed E-state index contributed by atoms with van der Waals surface area (Å²) in [5, 5.41) is 5.20. The smallest absolute Gasteiger partial charge is 0.119 e. The van der Waals surface area contributed by atoms with Crippen molar-refractivity contribution in [2.45, 2.75) is 56.9 Å². The maximum atomic E-state index is 6.56. The lowest BCUT2D eigenvalue weighted by molar-refractivity contribution is 0.246. The maximum Gasteiger partial charge on any atom is 0.119 e. The molecule has 2 aromatic rings.